The number of carbonyl (C=O) groups is 2. The maximum Gasteiger partial charge on any atom is 0.252 e. The zero-order valence-electron chi connectivity index (χ0n) is 14.0. The Hall–Kier alpha value is -2.69. The van der Waals surface area contributed by atoms with Crippen molar-refractivity contribution in [3.8, 4) is 0 Å². The molecule has 5 heteroatoms. The third-order valence-electron chi connectivity index (χ3n) is 3.76. The Bertz CT molecular complexity index is 744. The van der Waals surface area contributed by atoms with Crippen LogP contribution in [0.1, 0.15) is 29.8 Å². The lowest BCUT2D eigenvalue weighted by molar-refractivity contribution is -0.118. The van der Waals surface area contributed by atoms with Crippen LogP contribution in [-0.2, 0) is 4.79 Å². The molecular weight excluding hydrogens is 307 g/mol. The summed E-state index contributed by atoms with van der Waals surface area (Å²) in [6, 6.07) is 12.3. The van der Waals surface area contributed by atoms with Crippen molar-refractivity contribution in [3.63, 3.8) is 0 Å². The first-order chi connectivity index (χ1) is 11.4. The van der Waals surface area contributed by atoms with E-state index in [0.717, 1.165) is 5.56 Å². The molecule has 0 aliphatic heterocycles. The molecule has 2 amide bonds. The lowest BCUT2D eigenvalue weighted by Crippen LogP contribution is -2.47. The number of hydrogen-bond acceptors (Lipinski definition) is 2. The van der Waals surface area contributed by atoms with Crippen LogP contribution in [-0.4, -0.2) is 17.9 Å². The van der Waals surface area contributed by atoms with E-state index < -0.39 is 17.8 Å². The second-order valence-corrected chi connectivity index (χ2v) is 5.98. The van der Waals surface area contributed by atoms with E-state index in [1.165, 1.54) is 12.1 Å². The maximum absolute atomic E-state index is 13.7. The van der Waals surface area contributed by atoms with Gasteiger partial charge in [-0.25, -0.2) is 4.39 Å². The van der Waals surface area contributed by atoms with Crippen LogP contribution in [0.5, 0.6) is 0 Å². The van der Waals surface area contributed by atoms with Crippen LogP contribution in [0.3, 0.4) is 0 Å². The van der Waals surface area contributed by atoms with E-state index in [2.05, 4.69) is 10.6 Å². The van der Waals surface area contributed by atoms with E-state index in [1.807, 2.05) is 32.9 Å². The van der Waals surface area contributed by atoms with E-state index >= 15 is 0 Å². The number of hydrogen-bond donors (Lipinski definition) is 2. The highest BCUT2D eigenvalue weighted by Crippen LogP contribution is 2.15. The molecule has 0 bridgehead atoms. The summed E-state index contributed by atoms with van der Waals surface area (Å²) in [6.07, 6.45) is 0. The van der Waals surface area contributed by atoms with Gasteiger partial charge in [0, 0.05) is 5.56 Å². The molecule has 24 heavy (non-hydrogen) atoms. The molecule has 0 aliphatic rings. The minimum atomic E-state index is -0.767. The summed E-state index contributed by atoms with van der Waals surface area (Å²) in [4.78, 5) is 24.9. The summed E-state index contributed by atoms with van der Waals surface area (Å²) in [5, 5.41) is 5.27. The first-order valence-corrected chi connectivity index (χ1v) is 7.82. The Kier molecular flexibility index (Phi) is 5.68. The Labute approximate surface area is 141 Å². The van der Waals surface area contributed by atoms with Gasteiger partial charge in [0.1, 0.15) is 11.9 Å². The molecule has 4 nitrogen and oxygen atoms in total. The number of carbonyl (C=O) groups excluding carboxylic acids is 2. The molecule has 2 N–H and O–H groups in total. The zero-order valence-corrected chi connectivity index (χ0v) is 14.0. The monoisotopic (exact) mass is 328 g/mol. The highest BCUT2D eigenvalue weighted by Gasteiger charge is 2.25. The molecule has 126 valence electrons. The van der Waals surface area contributed by atoms with Crippen LogP contribution in [0.4, 0.5) is 10.1 Å². The fourth-order valence-electron chi connectivity index (χ4n) is 2.35. The van der Waals surface area contributed by atoms with E-state index in [4.69, 9.17) is 0 Å². The molecule has 0 heterocycles. The minimum absolute atomic E-state index is 0.0956. The number of nitrogens with one attached hydrogen (secondary N) is 2. The molecule has 1 atom stereocenters. The van der Waals surface area contributed by atoms with Crippen molar-refractivity contribution in [2.75, 3.05) is 5.32 Å². The van der Waals surface area contributed by atoms with Crippen molar-refractivity contribution in [2.24, 2.45) is 5.92 Å². The summed E-state index contributed by atoms with van der Waals surface area (Å²) in [5.74, 6) is -1.43. The highest BCUT2D eigenvalue weighted by atomic mass is 19.1. The van der Waals surface area contributed by atoms with Crippen LogP contribution >= 0.6 is 0 Å². The molecular formula is C19H21FN2O2. The van der Waals surface area contributed by atoms with E-state index in [9.17, 15) is 14.0 Å². The van der Waals surface area contributed by atoms with Crippen molar-refractivity contribution in [3.05, 3.63) is 65.5 Å². The molecule has 0 aromatic heterocycles. The van der Waals surface area contributed by atoms with Gasteiger partial charge in [-0.15, -0.1) is 0 Å². The van der Waals surface area contributed by atoms with Gasteiger partial charge < -0.3 is 10.6 Å². The lowest BCUT2D eigenvalue weighted by atomic mass is 10.0. The smallest absolute Gasteiger partial charge is 0.252 e. The Morgan fingerprint density at radius 1 is 1.00 bits per heavy atom. The lowest BCUT2D eigenvalue weighted by Gasteiger charge is -2.22. The standard InChI is InChI=1S/C19H21FN2O2/c1-12(2)17(19(24)21-16-11-7-6-10-15(16)20)22-18(23)14-9-5-4-8-13(14)3/h4-12,17H,1-3H3,(H,21,24)(H,22,23). The van der Waals surface area contributed by atoms with Crippen LogP contribution in [0.2, 0.25) is 0 Å². The summed E-state index contributed by atoms with van der Waals surface area (Å²) in [6.45, 7) is 5.48. The van der Waals surface area contributed by atoms with Crippen LogP contribution in [0, 0.1) is 18.7 Å². The number of benzene rings is 2. The average molecular weight is 328 g/mol. The van der Waals surface area contributed by atoms with Gasteiger partial charge in [-0.2, -0.15) is 0 Å². The third kappa shape index (κ3) is 4.19. The normalized spacial score (nSPS) is 11.9. The molecule has 0 fully saturated rings. The number of para-hydroxylation sites is 1. The van der Waals surface area contributed by atoms with Crippen LogP contribution in [0.25, 0.3) is 0 Å². The quantitative estimate of drug-likeness (QED) is 0.882. The van der Waals surface area contributed by atoms with Gasteiger partial charge in [0.2, 0.25) is 5.91 Å². The number of halogens is 1. The fraction of sp³-hybridized carbons (Fsp3) is 0.263. The Morgan fingerprint density at radius 3 is 2.25 bits per heavy atom. The minimum Gasteiger partial charge on any atom is -0.340 e. The van der Waals surface area contributed by atoms with Gasteiger partial charge >= 0.3 is 0 Å². The molecule has 0 saturated carbocycles. The molecule has 0 radical (unpaired) electrons. The predicted molar refractivity (Wildman–Crippen MR) is 92.3 cm³/mol. The van der Waals surface area contributed by atoms with E-state index in [0.29, 0.717) is 5.56 Å². The van der Waals surface area contributed by atoms with Crippen molar-refractivity contribution in [1.29, 1.82) is 0 Å². The largest absolute Gasteiger partial charge is 0.340 e. The molecule has 2 aromatic carbocycles. The number of anilines is 1. The molecule has 1 unspecified atom stereocenters. The number of rotatable bonds is 5. The predicted octanol–water partition coefficient (Wildman–Crippen LogP) is 3.53. The SMILES string of the molecule is Cc1ccccc1C(=O)NC(C(=O)Nc1ccccc1F)C(C)C. The first kappa shape index (κ1) is 17.7. The summed E-state index contributed by atoms with van der Waals surface area (Å²) < 4.78 is 13.7. The molecule has 2 rings (SSSR count). The summed E-state index contributed by atoms with van der Waals surface area (Å²) >= 11 is 0. The van der Waals surface area contributed by atoms with Gasteiger partial charge in [0.05, 0.1) is 5.69 Å². The fourth-order valence-corrected chi connectivity index (χ4v) is 2.35. The van der Waals surface area contributed by atoms with Gasteiger partial charge in [-0.05, 0) is 36.6 Å². The number of amides is 2. The molecule has 0 saturated heterocycles. The van der Waals surface area contributed by atoms with Crippen LogP contribution in [0.15, 0.2) is 48.5 Å². The van der Waals surface area contributed by atoms with E-state index in [-0.39, 0.29) is 17.5 Å². The second-order valence-electron chi connectivity index (χ2n) is 5.98. The van der Waals surface area contributed by atoms with Crippen molar-refractivity contribution >= 4 is 17.5 Å². The topological polar surface area (TPSA) is 58.2 Å². The van der Waals surface area contributed by atoms with Gasteiger partial charge in [-0.3, -0.25) is 9.59 Å². The Morgan fingerprint density at radius 2 is 1.62 bits per heavy atom. The Balaban J connectivity index is 2.15. The molecule has 0 spiro atoms. The number of aryl methyl sites for hydroxylation is 1. The van der Waals surface area contributed by atoms with Gasteiger partial charge in [-0.1, -0.05) is 44.2 Å². The molecule has 0 aliphatic carbocycles. The van der Waals surface area contributed by atoms with Crippen molar-refractivity contribution in [1.82, 2.24) is 5.32 Å². The van der Waals surface area contributed by atoms with Gasteiger partial charge in [0.15, 0.2) is 0 Å². The second kappa shape index (κ2) is 7.73. The summed E-state index contributed by atoms with van der Waals surface area (Å²) in [7, 11) is 0. The zero-order chi connectivity index (χ0) is 17.7. The highest BCUT2D eigenvalue weighted by molar-refractivity contribution is 6.01. The van der Waals surface area contributed by atoms with Gasteiger partial charge in [0.25, 0.3) is 5.91 Å². The third-order valence-corrected chi connectivity index (χ3v) is 3.76. The summed E-state index contributed by atoms with van der Waals surface area (Å²) in [5.41, 5.74) is 1.44. The van der Waals surface area contributed by atoms with Crippen molar-refractivity contribution in [2.45, 2.75) is 26.8 Å². The molecule has 2 aromatic rings. The first-order valence-electron chi connectivity index (χ1n) is 7.82. The van der Waals surface area contributed by atoms with Crippen molar-refractivity contribution < 1.29 is 14.0 Å². The maximum atomic E-state index is 13.7. The average Bonchev–Trinajstić information content (AvgIpc) is 2.54. The van der Waals surface area contributed by atoms with E-state index in [1.54, 1.807) is 24.3 Å². The van der Waals surface area contributed by atoms with Crippen LogP contribution < -0.4 is 10.6 Å².